The zero-order valence-corrected chi connectivity index (χ0v) is 55.8. The maximum atomic E-state index is 16.9. The first-order chi connectivity index (χ1) is 41.8. The Morgan fingerprint density at radius 3 is 2.30 bits per heavy atom. The van der Waals surface area contributed by atoms with E-state index in [0.29, 0.717) is 108 Å². The van der Waals surface area contributed by atoms with Gasteiger partial charge in [-0.15, -0.1) is 0 Å². The number of benzene rings is 1. The van der Waals surface area contributed by atoms with Crippen LogP contribution in [0.1, 0.15) is 256 Å². The van der Waals surface area contributed by atoms with Crippen molar-refractivity contribution in [1.29, 1.82) is 0 Å². The van der Waals surface area contributed by atoms with Crippen LogP contribution in [-0.2, 0) is 48.8 Å². The number of carbonyl (C=O) groups is 3. The van der Waals surface area contributed by atoms with Crippen LogP contribution in [0.4, 0.5) is 0 Å². The molecule has 0 unspecified atom stereocenters. The van der Waals surface area contributed by atoms with Crippen LogP contribution in [0.25, 0.3) is 11.0 Å². The van der Waals surface area contributed by atoms with Crippen molar-refractivity contribution in [2.75, 3.05) is 26.8 Å². The van der Waals surface area contributed by atoms with Gasteiger partial charge in [0.25, 0.3) is 0 Å². The second-order valence-electron chi connectivity index (χ2n) is 33.4. The number of ketones is 3. The second-order valence-corrected chi connectivity index (χ2v) is 33.4. The average Bonchev–Trinajstić information content (AvgIpc) is 1.23. The van der Waals surface area contributed by atoms with Gasteiger partial charge in [-0.2, -0.15) is 0 Å². The Morgan fingerprint density at radius 2 is 1.62 bits per heavy atom. The van der Waals surface area contributed by atoms with Gasteiger partial charge >= 0.3 is 0 Å². The molecule has 1 spiro atoms. The molecule has 7 aliphatic carbocycles. The standard InChI is InChI=1S/C76H111N3O9/c1-12-13-15-20-54-66(85)61-60-53(65(84)67-72(8,73(54,60)9)27-25-57-71(7,29-32-77-11)58(82)40-75(74(57,67)10)28-24-49(80)38-75)43-79-42-52(62-63(79)47(41-78-62)23-26-70(61,6)39-56(81)68-69(4,5)88-68)59-51-36-48(45-18-16-14-17-19-45)37-55(76(86)30-33-87-34-31-76)50(51)35-46(64(59)83)22-21-44(2)3/h36-37,41-42,44-46,49,53-54,56-57,59,65,67-68,77-78,80-81,84,86H,12-35,38-40,43H2,1-11H3/t46-,49+,53+,54+,56+,57-,59+,65+,67-,68+,70-,71-,72-,73-,74+,75+/m0/s1. The predicted molar refractivity (Wildman–Crippen MR) is 345 cm³/mol. The molecule has 10 aliphatic rings. The minimum Gasteiger partial charge on any atom is -0.393 e. The van der Waals surface area contributed by atoms with E-state index in [1.165, 1.54) is 24.8 Å². The monoisotopic (exact) mass is 1210 g/mol. The van der Waals surface area contributed by atoms with E-state index < -0.39 is 73.8 Å². The van der Waals surface area contributed by atoms with E-state index in [1.807, 2.05) is 20.9 Å². The molecule has 1 aromatic carbocycles. The number of epoxide rings is 1. The molecule has 484 valence electrons. The number of aliphatic hydroxyl groups is 4. The number of Topliss-reactive ketones (excluding diaryl/α,β-unsaturated/α-hetero) is 3. The molecule has 3 aliphatic heterocycles. The van der Waals surface area contributed by atoms with Crippen LogP contribution in [0.3, 0.4) is 0 Å². The molecule has 12 heteroatoms. The third-order valence-corrected chi connectivity index (χ3v) is 27.9. The summed E-state index contributed by atoms with van der Waals surface area (Å²) in [4.78, 5) is 52.3. The molecule has 0 amide bonds. The number of nitrogens with one attached hydrogen (secondary N) is 2. The Balaban J connectivity index is 1.05. The number of unbranched alkanes of at least 4 members (excludes halogenated alkanes) is 2. The fourth-order valence-electron chi connectivity index (χ4n) is 23.0. The quantitative estimate of drug-likeness (QED) is 0.0595. The molecule has 0 bridgehead atoms. The number of aryl methyl sites for hydroxylation is 1. The van der Waals surface area contributed by atoms with Gasteiger partial charge in [-0.1, -0.05) is 112 Å². The number of allylic oxidation sites excluding steroid dienone is 1. The SMILES string of the molecule is CCCCC[C@@H]1C(=O)C2=C3[C@@H](Cn4cc([C@@H]5C(=O)[C@@H](CCC(C)C)Cc6c5cc(C5CCCCC5)cc6C5(O)CCOCC5)c5[nH]cc(c54)CC[C@@]2(C)C[C@@H](O)[C@H]2OC2(C)C)[C@@H](O)[C@@H]2[C@@]4(C)[C@@H](CC[C@]2(C)[C@]31C)[C@](C)(CCNC)C(=O)C[C@]41CC[C@@H](O)C1. The summed E-state index contributed by atoms with van der Waals surface area (Å²) in [6, 6.07) is 4.75. The van der Waals surface area contributed by atoms with Crippen molar-refractivity contribution in [3.63, 3.8) is 0 Å². The number of aliphatic hydroxyl groups excluding tert-OH is 3. The van der Waals surface area contributed by atoms with Gasteiger partial charge in [0.1, 0.15) is 17.7 Å². The maximum Gasteiger partial charge on any atom is 0.163 e. The minimum absolute atomic E-state index is 0.0662. The normalized spacial score (nSPS) is 39.9. The molecule has 12 nitrogen and oxygen atoms in total. The first-order valence-corrected chi connectivity index (χ1v) is 35.6. The molecule has 0 radical (unpaired) electrons. The van der Waals surface area contributed by atoms with Gasteiger partial charge in [-0.05, 0) is 196 Å². The molecular formula is C76H111N3O9. The second kappa shape index (κ2) is 22.6. The van der Waals surface area contributed by atoms with Crippen molar-refractivity contribution < 1.29 is 44.3 Å². The van der Waals surface area contributed by atoms with Gasteiger partial charge in [-0.3, -0.25) is 14.4 Å². The fourth-order valence-corrected chi connectivity index (χ4v) is 23.0. The smallest absolute Gasteiger partial charge is 0.163 e. The molecule has 7 fully saturated rings. The highest BCUT2D eigenvalue weighted by molar-refractivity contribution is 6.04. The third kappa shape index (κ3) is 9.48. The topological polar surface area (TPSA) is 187 Å². The summed E-state index contributed by atoms with van der Waals surface area (Å²) >= 11 is 0. The predicted octanol–water partition coefficient (Wildman–Crippen LogP) is 13.4. The number of aromatic amines is 1. The Kier molecular flexibility index (Phi) is 16.3. The van der Waals surface area contributed by atoms with Gasteiger partial charge < -0.3 is 44.8 Å². The first kappa shape index (κ1) is 63.3. The number of hydrogen-bond donors (Lipinski definition) is 6. The molecule has 2 aromatic heterocycles. The van der Waals surface area contributed by atoms with Crippen molar-refractivity contribution in [2.24, 2.45) is 68.0 Å². The Labute approximate surface area is 526 Å². The van der Waals surface area contributed by atoms with Crippen molar-refractivity contribution in [3.8, 4) is 0 Å². The van der Waals surface area contributed by atoms with E-state index in [2.05, 4.69) is 94.8 Å². The van der Waals surface area contributed by atoms with E-state index in [9.17, 15) is 20.4 Å². The van der Waals surface area contributed by atoms with Gasteiger partial charge in [0.2, 0.25) is 0 Å². The van der Waals surface area contributed by atoms with E-state index in [4.69, 9.17) is 9.47 Å². The lowest BCUT2D eigenvalue weighted by Crippen LogP contribution is -2.73. The highest BCUT2D eigenvalue weighted by atomic mass is 16.6. The molecule has 6 N–H and O–H groups in total. The zero-order chi connectivity index (χ0) is 62.5. The van der Waals surface area contributed by atoms with Crippen LogP contribution in [-0.4, -0.2) is 104 Å². The van der Waals surface area contributed by atoms with Gasteiger partial charge in [0.15, 0.2) is 5.78 Å². The molecule has 16 atom stereocenters. The largest absolute Gasteiger partial charge is 0.393 e. The number of nitrogens with zero attached hydrogens (tertiary/aromatic N) is 1. The van der Waals surface area contributed by atoms with E-state index in [0.717, 1.165) is 121 Å². The highest BCUT2D eigenvalue weighted by Crippen LogP contribution is 2.81. The van der Waals surface area contributed by atoms with Crippen molar-refractivity contribution in [1.82, 2.24) is 14.9 Å². The maximum absolute atomic E-state index is 16.9. The molecule has 5 heterocycles. The summed E-state index contributed by atoms with van der Waals surface area (Å²) in [6.07, 6.45) is 20.5. The molecule has 5 saturated carbocycles. The summed E-state index contributed by atoms with van der Waals surface area (Å²) in [5.41, 5.74) is 4.84. The minimum atomic E-state index is -1.07. The van der Waals surface area contributed by atoms with Crippen LogP contribution in [0.2, 0.25) is 0 Å². The number of ether oxygens (including phenoxy) is 2. The van der Waals surface area contributed by atoms with Crippen molar-refractivity contribution in [3.05, 3.63) is 69.1 Å². The van der Waals surface area contributed by atoms with Crippen LogP contribution >= 0.6 is 0 Å². The molecule has 2 saturated heterocycles. The average molecular weight is 1210 g/mol. The van der Waals surface area contributed by atoms with E-state index in [1.54, 1.807) is 0 Å². The van der Waals surface area contributed by atoms with Gasteiger partial charge in [-0.25, -0.2) is 0 Å². The number of carbonyl (C=O) groups excluding carboxylic acids is 3. The molecule has 88 heavy (non-hydrogen) atoms. The van der Waals surface area contributed by atoms with E-state index in [-0.39, 0.29) is 41.3 Å². The van der Waals surface area contributed by atoms with Crippen LogP contribution in [0.15, 0.2) is 35.7 Å². The summed E-state index contributed by atoms with van der Waals surface area (Å²) in [6.45, 7) is 24.7. The number of aromatic nitrogens is 2. The Bertz CT molecular complexity index is 3230. The number of rotatable bonds is 16. The lowest BCUT2D eigenvalue weighted by atomic mass is 9.29. The first-order valence-electron chi connectivity index (χ1n) is 35.6. The summed E-state index contributed by atoms with van der Waals surface area (Å²) in [7, 11) is 1.97. The van der Waals surface area contributed by atoms with E-state index >= 15 is 14.4 Å². The fraction of sp³-hybridized carbons (Fsp3) is 0.776. The van der Waals surface area contributed by atoms with Crippen molar-refractivity contribution >= 4 is 28.4 Å². The lowest BCUT2D eigenvalue weighted by Gasteiger charge is -2.74. The highest BCUT2D eigenvalue weighted by Gasteiger charge is 2.79. The van der Waals surface area contributed by atoms with Gasteiger partial charge in [0.05, 0.1) is 46.5 Å². The summed E-state index contributed by atoms with van der Waals surface area (Å²) in [5.74, 6) is -0.686. The zero-order valence-electron chi connectivity index (χ0n) is 55.8. The van der Waals surface area contributed by atoms with Crippen LogP contribution < -0.4 is 5.32 Å². The number of H-pyrrole nitrogens is 1. The third-order valence-electron chi connectivity index (χ3n) is 27.9. The molecule has 3 aromatic rings. The Hall–Kier alpha value is -3.49. The number of hydrogen-bond acceptors (Lipinski definition) is 10. The molecular weight excluding hydrogens is 1100 g/mol. The lowest BCUT2D eigenvalue weighted by molar-refractivity contribution is -0.267. The summed E-state index contributed by atoms with van der Waals surface area (Å²) < 4.78 is 14.6. The molecule has 13 rings (SSSR count). The van der Waals surface area contributed by atoms with Crippen LogP contribution in [0.5, 0.6) is 0 Å². The van der Waals surface area contributed by atoms with Gasteiger partial charge in [0, 0.05) is 91.1 Å². The van der Waals surface area contributed by atoms with Crippen LogP contribution in [0, 0.1) is 68.0 Å². The Morgan fingerprint density at radius 1 is 0.886 bits per heavy atom. The van der Waals surface area contributed by atoms with Crippen molar-refractivity contribution in [2.45, 2.75) is 277 Å². The summed E-state index contributed by atoms with van der Waals surface area (Å²) in [5, 5.41) is 55.7. The number of fused-ring (bicyclic) bond motifs is 6.